The Morgan fingerprint density at radius 2 is 1.68 bits per heavy atom. The molecule has 37 heavy (non-hydrogen) atoms. The van der Waals surface area contributed by atoms with Gasteiger partial charge in [-0.2, -0.15) is 0 Å². The van der Waals surface area contributed by atoms with E-state index in [-0.39, 0.29) is 17.1 Å². The van der Waals surface area contributed by atoms with Gasteiger partial charge in [-0.1, -0.05) is 30.3 Å². The average molecular weight is 491 g/mol. The molecule has 3 aromatic carbocycles. The summed E-state index contributed by atoms with van der Waals surface area (Å²) in [5.41, 5.74) is 4.82. The van der Waals surface area contributed by atoms with Gasteiger partial charge in [-0.15, -0.1) is 0 Å². The summed E-state index contributed by atoms with van der Waals surface area (Å²) in [5, 5.41) is 9.92. The summed E-state index contributed by atoms with van der Waals surface area (Å²) < 4.78 is 0. The Kier molecular flexibility index (Phi) is 5.23. The zero-order valence-electron chi connectivity index (χ0n) is 20.9. The van der Waals surface area contributed by atoms with Gasteiger partial charge in [-0.05, 0) is 91.9 Å². The molecule has 7 heteroatoms. The molecule has 2 aliphatic rings. The summed E-state index contributed by atoms with van der Waals surface area (Å²) >= 11 is 0. The van der Waals surface area contributed by atoms with Crippen LogP contribution in [0.25, 0.3) is 44.1 Å². The van der Waals surface area contributed by atoms with Crippen molar-refractivity contribution in [2.45, 2.75) is 44.2 Å². The van der Waals surface area contributed by atoms with Crippen LogP contribution in [0.1, 0.15) is 50.3 Å². The van der Waals surface area contributed by atoms with Crippen LogP contribution in [0.15, 0.2) is 65.6 Å². The lowest BCUT2D eigenvalue weighted by atomic mass is 9.98. The number of aromatic nitrogens is 4. The molecule has 0 aliphatic carbocycles. The van der Waals surface area contributed by atoms with E-state index in [1.807, 2.05) is 18.3 Å². The summed E-state index contributed by atoms with van der Waals surface area (Å²) in [7, 11) is 0. The first kappa shape index (κ1) is 22.4. The van der Waals surface area contributed by atoms with Crippen LogP contribution < -0.4 is 16.2 Å². The van der Waals surface area contributed by atoms with Crippen molar-refractivity contribution in [1.82, 2.24) is 30.6 Å². The first-order valence-corrected chi connectivity index (χ1v) is 13.2. The third-order valence-electron chi connectivity index (χ3n) is 8.07. The van der Waals surface area contributed by atoms with E-state index in [0.29, 0.717) is 5.39 Å². The van der Waals surface area contributed by atoms with Gasteiger partial charge < -0.3 is 20.6 Å². The van der Waals surface area contributed by atoms with Gasteiger partial charge in [0.05, 0.1) is 34.4 Å². The molecule has 4 heterocycles. The molecule has 2 unspecified atom stereocenters. The van der Waals surface area contributed by atoms with Crippen molar-refractivity contribution >= 4 is 21.7 Å². The molecule has 7 nitrogen and oxygen atoms in total. The number of imidazole rings is 1. The van der Waals surface area contributed by atoms with Crippen LogP contribution in [0, 0.1) is 0 Å². The van der Waals surface area contributed by atoms with Crippen LogP contribution >= 0.6 is 0 Å². The molecular weight excluding hydrogens is 460 g/mol. The lowest BCUT2D eigenvalue weighted by Gasteiger charge is -2.21. The molecule has 0 radical (unpaired) electrons. The Balaban J connectivity index is 1.20. The number of benzene rings is 3. The highest BCUT2D eigenvalue weighted by Crippen LogP contribution is 2.32. The van der Waals surface area contributed by atoms with Crippen molar-refractivity contribution < 1.29 is 0 Å². The number of nitrogens with zero attached hydrogens (tertiary/aromatic N) is 2. The molecule has 4 N–H and O–H groups in total. The largest absolute Gasteiger partial charge is 0.340 e. The van der Waals surface area contributed by atoms with Crippen molar-refractivity contribution in [2.24, 2.45) is 0 Å². The highest BCUT2D eigenvalue weighted by molar-refractivity contribution is 5.92. The second-order valence-electron chi connectivity index (χ2n) is 10.6. The molecule has 2 fully saturated rings. The zero-order valence-corrected chi connectivity index (χ0v) is 20.9. The average Bonchev–Trinajstić information content (AvgIpc) is 3.71. The maximum Gasteiger partial charge on any atom is 0.258 e. The number of nitrogens with one attached hydrogen (secondary N) is 4. The number of rotatable bonds is 4. The predicted molar refractivity (Wildman–Crippen MR) is 147 cm³/mol. The second-order valence-corrected chi connectivity index (χ2v) is 10.6. The minimum absolute atomic E-state index is 0.0734. The summed E-state index contributed by atoms with van der Waals surface area (Å²) in [6, 6.07) is 19.0. The number of fused-ring (bicyclic) bond motifs is 2. The Bertz CT molecular complexity index is 1690. The number of hydrogen-bond donors (Lipinski definition) is 4. The van der Waals surface area contributed by atoms with Crippen molar-refractivity contribution in [1.29, 1.82) is 0 Å². The van der Waals surface area contributed by atoms with E-state index < -0.39 is 0 Å². The van der Waals surface area contributed by atoms with Gasteiger partial charge in [0, 0.05) is 5.56 Å². The third-order valence-corrected chi connectivity index (χ3v) is 8.07. The Morgan fingerprint density at radius 1 is 0.892 bits per heavy atom. The molecule has 5 aromatic rings. The van der Waals surface area contributed by atoms with Crippen molar-refractivity contribution in [2.75, 3.05) is 13.1 Å². The summed E-state index contributed by atoms with van der Waals surface area (Å²) in [6.07, 6.45) is 6.31. The van der Waals surface area contributed by atoms with E-state index in [1.54, 1.807) is 0 Å². The monoisotopic (exact) mass is 490 g/mol. The molecule has 2 aromatic heterocycles. The Labute approximate surface area is 214 Å². The topological polar surface area (TPSA) is 98.5 Å². The molecule has 2 atom stereocenters. The molecule has 0 spiro atoms. The van der Waals surface area contributed by atoms with Gasteiger partial charge in [0.2, 0.25) is 0 Å². The first-order valence-electron chi connectivity index (χ1n) is 13.2. The summed E-state index contributed by atoms with van der Waals surface area (Å²) in [4.78, 5) is 28.9. The van der Waals surface area contributed by atoms with Crippen LogP contribution in [-0.2, 0) is 5.54 Å². The van der Waals surface area contributed by atoms with E-state index in [0.717, 1.165) is 82.7 Å². The van der Waals surface area contributed by atoms with Crippen molar-refractivity contribution in [3.63, 3.8) is 0 Å². The van der Waals surface area contributed by atoms with Gasteiger partial charge >= 0.3 is 0 Å². The van der Waals surface area contributed by atoms with E-state index in [9.17, 15) is 4.79 Å². The van der Waals surface area contributed by atoms with E-state index in [2.05, 4.69) is 75.0 Å². The first-order chi connectivity index (χ1) is 18.1. The minimum atomic E-state index is -0.0819. The van der Waals surface area contributed by atoms with Crippen molar-refractivity contribution in [3.05, 3.63) is 82.8 Å². The molecule has 186 valence electrons. The molecule has 7 rings (SSSR count). The summed E-state index contributed by atoms with van der Waals surface area (Å²) in [6.45, 7) is 4.22. The summed E-state index contributed by atoms with van der Waals surface area (Å²) in [5.74, 6) is 1.74. The van der Waals surface area contributed by atoms with E-state index in [1.165, 1.54) is 6.42 Å². The Hall–Kier alpha value is -3.81. The molecule has 2 aliphatic heterocycles. The standard InChI is InChI=1S/C30H30N6O/c1-30(11-3-13-33-30)29-32-17-26(35-29)22-8-7-18-14-19(5-6-20(18)15-22)21-9-10-24-23(16-21)28(37)36-27(34-24)25-4-2-12-31-25/h5-10,14-17,25,31,33H,2-4,11-13H2,1H3,(H,32,35)(H,34,36,37). The van der Waals surface area contributed by atoms with Gasteiger partial charge in [-0.3, -0.25) is 4.79 Å². The normalized spacial score (nSPS) is 21.8. The number of aromatic amines is 2. The van der Waals surface area contributed by atoms with E-state index in [4.69, 9.17) is 4.98 Å². The maximum atomic E-state index is 12.9. The van der Waals surface area contributed by atoms with Crippen LogP contribution in [0.3, 0.4) is 0 Å². The number of H-pyrrole nitrogens is 2. The SMILES string of the molecule is CC1(c2ncc(-c3ccc4cc(-c5ccc6nc(C7CCCN7)[nH]c(=O)c6c5)ccc4c3)[nH]2)CCCN1. The quantitative estimate of drug-likeness (QED) is 0.279. The highest BCUT2D eigenvalue weighted by atomic mass is 16.1. The van der Waals surface area contributed by atoms with E-state index >= 15 is 0 Å². The minimum Gasteiger partial charge on any atom is -0.340 e. The predicted octanol–water partition coefficient (Wildman–Crippen LogP) is 5.16. The van der Waals surface area contributed by atoms with Gasteiger partial charge in [0.15, 0.2) is 0 Å². The van der Waals surface area contributed by atoms with Crippen LogP contribution in [0.4, 0.5) is 0 Å². The molecule has 0 bridgehead atoms. The zero-order chi connectivity index (χ0) is 25.0. The maximum absolute atomic E-state index is 12.9. The molecular formula is C30H30N6O. The van der Waals surface area contributed by atoms with Crippen LogP contribution in [0.5, 0.6) is 0 Å². The van der Waals surface area contributed by atoms with Gasteiger partial charge in [-0.25, -0.2) is 9.97 Å². The third kappa shape index (κ3) is 3.95. The second kappa shape index (κ2) is 8.64. The lowest BCUT2D eigenvalue weighted by molar-refractivity contribution is 0.411. The fourth-order valence-electron chi connectivity index (χ4n) is 5.86. The van der Waals surface area contributed by atoms with Crippen LogP contribution in [0.2, 0.25) is 0 Å². The molecule has 2 saturated heterocycles. The van der Waals surface area contributed by atoms with Gasteiger partial charge in [0.1, 0.15) is 11.6 Å². The highest BCUT2D eigenvalue weighted by Gasteiger charge is 2.32. The molecule has 0 amide bonds. The van der Waals surface area contributed by atoms with Crippen LogP contribution in [-0.4, -0.2) is 33.0 Å². The Morgan fingerprint density at radius 3 is 2.46 bits per heavy atom. The molecule has 0 saturated carbocycles. The fourth-order valence-corrected chi connectivity index (χ4v) is 5.86. The van der Waals surface area contributed by atoms with Gasteiger partial charge in [0.25, 0.3) is 5.56 Å². The fraction of sp³-hybridized carbons (Fsp3) is 0.300. The lowest BCUT2D eigenvalue weighted by Crippen LogP contribution is -2.34. The smallest absolute Gasteiger partial charge is 0.258 e. The van der Waals surface area contributed by atoms with Crippen molar-refractivity contribution in [3.8, 4) is 22.4 Å². The number of hydrogen-bond acceptors (Lipinski definition) is 5.